The van der Waals surface area contributed by atoms with E-state index < -0.39 is 0 Å². The molecule has 0 saturated carbocycles. The topological polar surface area (TPSA) is 26.3 Å². The maximum absolute atomic E-state index is 11.5. The molecule has 2 nitrogen and oxygen atoms in total. The molecular weight excluding hydrogens is 219 g/mol. The Bertz CT molecular complexity index is 229. The number of rotatable bonds is 5. The Labute approximate surface area is 102 Å². The molecule has 1 atom stereocenters. The van der Waals surface area contributed by atoms with Crippen molar-refractivity contribution in [1.29, 1.82) is 0 Å². The fourth-order valence-corrected chi connectivity index (χ4v) is 3.70. The summed E-state index contributed by atoms with van der Waals surface area (Å²) >= 11 is 0. The predicted molar refractivity (Wildman–Crippen MR) is 72.5 cm³/mol. The molecule has 0 radical (unpaired) electrons. The number of esters is 1. The molecule has 16 heavy (non-hydrogen) atoms. The van der Waals surface area contributed by atoms with Gasteiger partial charge in [-0.3, -0.25) is 4.79 Å². The summed E-state index contributed by atoms with van der Waals surface area (Å²) in [6.45, 7) is 15.8. The third-order valence-electron chi connectivity index (χ3n) is 2.67. The van der Waals surface area contributed by atoms with E-state index in [1.807, 2.05) is 6.92 Å². The van der Waals surface area contributed by atoms with E-state index in [1.54, 1.807) is 0 Å². The van der Waals surface area contributed by atoms with Gasteiger partial charge in [0.1, 0.15) is 0 Å². The largest absolute Gasteiger partial charge is 0.466 e. The van der Waals surface area contributed by atoms with Crippen LogP contribution in [0.2, 0.25) is 0 Å². The zero-order chi connectivity index (χ0) is 13.0. The first kappa shape index (κ1) is 15.9. The van der Waals surface area contributed by atoms with Gasteiger partial charge < -0.3 is 4.74 Å². The van der Waals surface area contributed by atoms with Gasteiger partial charge in [0.25, 0.3) is 0 Å². The molecule has 0 heterocycles. The van der Waals surface area contributed by atoms with Crippen LogP contribution in [0.3, 0.4) is 0 Å². The minimum Gasteiger partial charge on any atom is -0.466 e. The van der Waals surface area contributed by atoms with Crippen molar-refractivity contribution in [3.8, 4) is 0 Å². The molecule has 0 amide bonds. The molecule has 0 aliphatic heterocycles. The standard InChI is InChI=1S/C13H27O2P/c1-8-15-11(14)9-16(7)13(5,6)10-12(2,3)4/h8-10H2,1-7H3. The molecule has 0 rings (SSSR count). The van der Waals surface area contributed by atoms with Gasteiger partial charge in [-0.2, -0.15) is 0 Å². The van der Waals surface area contributed by atoms with Gasteiger partial charge in [-0.25, -0.2) is 0 Å². The van der Waals surface area contributed by atoms with Gasteiger partial charge >= 0.3 is 5.97 Å². The van der Waals surface area contributed by atoms with Crippen LogP contribution < -0.4 is 0 Å². The van der Waals surface area contributed by atoms with Crippen molar-refractivity contribution >= 4 is 13.9 Å². The molecule has 0 aromatic rings. The highest BCUT2D eigenvalue weighted by Gasteiger charge is 2.31. The van der Waals surface area contributed by atoms with Gasteiger partial charge in [-0.1, -0.05) is 42.5 Å². The number of carbonyl (C=O) groups excluding carboxylic acids is 1. The third kappa shape index (κ3) is 6.48. The van der Waals surface area contributed by atoms with E-state index >= 15 is 0 Å². The molecule has 96 valence electrons. The van der Waals surface area contributed by atoms with Gasteiger partial charge in [0.05, 0.1) is 12.8 Å². The highest BCUT2D eigenvalue weighted by Crippen LogP contribution is 2.51. The van der Waals surface area contributed by atoms with E-state index in [9.17, 15) is 4.79 Å². The Morgan fingerprint density at radius 3 is 2.06 bits per heavy atom. The van der Waals surface area contributed by atoms with Crippen LogP contribution in [0, 0.1) is 5.41 Å². The molecule has 0 N–H and O–H groups in total. The van der Waals surface area contributed by atoms with E-state index in [1.165, 1.54) is 0 Å². The van der Waals surface area contributed by atoms with Crippen LogP contribution in [0.4, 0.5) is 0 Å². The van der Waals surface area contributed by atoms with Crippen molar-refractivity contribution < 1.29 is 9.53 Å². The summed E-state index contributed by atoms with van der Waals surface area (Å²) < 4.78 is 5.02. The summed E-state index contributed by atoms with van der Waals surface area (Å²) in [4.78, 5) is 11.5. The summed E-state index contributed by atoms with van der Waals surface area (Å²) in [6, 6.07) is 0. The summed E-state index contributed by atoms with van der Waals surface area (Å²) in [5.74, 6) is -0.0434. The van der Waals surface area contributed by atoms with E-state index in [0.29, 0.717) is 18.2 Å². The monoisotopic (exact) mass is 246 g/mol. The van der Waals surface area contributed by atoms with E-state index in [2.05, 4.69) is 41.3 Å². The Kier molecular flexibility index (Phi) is 5.96. The zero-order valence-electron chi connectivity index (χ0n) is 11.9. The Balaban J connectivity index is 4.34. The molecule has 0 spiro atoms. The maximum atomic E-state index is 11.5. The van der Waals surface area contributed by atoms with Crippen LogP contribution in [0.15, 0.2) is 0 Å². The Hall–Kier alpha value is -0.100. The highest BCUT2D eigenvalue weighted by molar-refractivity contribution is 7.59. The second kappa shape index (κ2) is 6.00. The van der Waals surface area contributed by atoms with Crippen LogP contribution in [0.5, 0.6) is 0 Å². The van der Waals surface area contributed by atoms with Crippen LogP contribution in [-0.2, 0) is 9.53 Å². The minimum atomic E-state index is -0.314. The van der Waals surface area contributed by atoms with Crippen LogP contribution in [-0.4, -0.2) is 30.6 Å². The summed E-state index contributed by atoms with van der Waals surface area (Å²) in [6.07, 6.45) is 1.73. The van der Waals surface area contributed by atoms with Crippen molar-refractivity contribution in [3.63, 3.8) is 0 Å². The van der Waals surface area contributed by atoms with Gasteiger partial charge in [0, 0.05) is 0 Å². The lowest BCUT2D eigenvalue weighted by molar-refractivity contribution is -0.139. The van der Waals surface area contributed by atoms with E-state index in [-0.39, 0.29) is 19.0 Å². The molecule has 3 heteroatoms. The molecule has 0 fully saturated rings. The molecule has 0 saturated heterocycles. The molecule has 1 unspecified atom stereocenters. The lowest BCUT2D eigenvalue weighted by Crippen LogP contribution is -2.27. The predicted octanol–water partition coefficient (Wildman–Crippen LogP) is 3.88. The Morgan fingerprint density at radius 1 is 1.19 bits per heavy atom. The molecular formula is C13H27O2P. The zero-order valence-corrected chi connectivity index (χ0v) is 12.8. The third-order valence-corrected chi connectivity index (χ3v) is 5.63. The van der Waals surface area contributed by atoms with E-state index in [0.717, 1.165) is 6.42 Å². The van der Waals surface area contributed by atoms with E-state index in [4.69, 9.17) is 4.74 Å². The van der Waals surface area contributed by atoms with Gasteiger partial charge in [-0.15, -0.1) is 0 Å². The Morgan fingerprint density at radius 2 is 1.69 bits per heavy atom. The fourth-order valence-electron chi connectivity index (χ4n) is 2.05. The van der Waals surface area contributed by atoms with Crippen LogP contribution in [0.1, 0.15) is 48.0 Å². The summed E-state index contributed by atoms with van der Waals surface area (Å²) in [7, 11) is -0.314. The SMILES string of the molecule is CCOC(=O)CP(C)C(C)(C)CC(C)(C)C. The second-order valence-electron chi connectivity index (χ2n) is 6.21. The number of hydrogen-bond acceptors (Lipinski definition) is 2. The first-order valence-electron chi connectivity index (χ1n) is 5.95. The normalized spacial score (nSPS) is 14.7. The average Bonchev–Trinajstić information content (AvgIpc) is 1.99. The molecule has 0 aromatic carbocycles. The van der Waals surface area contributed by atoms with Crippen LogP contribution in [0.25, 0.3) is 0 Å². The van der Waals surface area contributed by atoms with Crippen molar-refractivity contribution in [2.24, 2.45) is 5.41 Å². The molecule has 0 aliphatic rings. The van der Waals surface area contributed by atoms with Gasteiger partial charge in [0.2, 0.25) is 0 Å². The maximum Gasteiger partial charge on any atom is 0.310 e. The van der Waals surface area contributed by atoms with Crippen molar-refractivity contribution in [2.75, 3.05) is 19.4 Å². The second-order valence-corrected chi connectivity index (χ2v) is 9.13. The van der Waals surface area contributed by atoms with Crippen LogP contribution >= 0.6 is 7.92 Å². The highest BCUT2D eigenvalue weighted by atomic mass is 31.1. The number of ether oxygens (including phenoxy) is 1. The van der Waals surface area contributed by atoms with Crippen molar-refractivity contribution in [3.05, 3.63) is 0 Å². The molecule has 0 aliphatic carbocycles. The van der Waals surface area contributed by atoms with Gasteiger partial charge in [-0.05, 0) is 30.6 Å². The lowest BCUT2D eigenvalue weighted by atomic mass is 9.86. The summed E-state index contributed by atoms with van der Waals surface area (Å²) in [5, 5.41) is 0.236. The lowest BCUT2D eigenvalue weighted by Gasteiger charge is -2.37. The van der Waals surface area contributed by atoms with Crippen molar-refractivity contribution in [1.82, 2.24) is 0 Å². The first-order valence-corrected chi connectivity index (χ1v) is 7.93. The van der Waals surface area contributed by atoms with Gasteiger partial charge in [0.15, 0.2) is 0 Å². The van der Waals surface area contributed by atoms with Crippen molar-refractivity contribution in [2.45, 2.75) is 53.1 Å². The molecule has 0 bridgehead atoms. The quantitative estimate of drug-likeness (QED) is 0.543. The minimum absolute atomic E-state index is 0.0434. The first-order chi connectivity index (χ1) is 7.08. The average molecular weight is 246 g/mol. The number of hydrogen-bond donors (Lipinski definition) is 0. The molecule has 0 aromatic heterocycles. The smallest absolute Gasteiger partial charge is 0.310 e. The summed E-state index contributed by atoms with van der Waals surface area (Å²) in [5.41, 5.74) is 0.314. The fraction of sp³-hybridized carbons (Fsp3) is 0.923. The number of carbonyl (C=O) groups is 1.